The third-order valence-electron chi connectivity index (χ3n) is 7.39. The molecule has 0 saturated carbocycles. The largest absolute Gasteiger partial charge is 0.458 e. The van der Waals surface area contributed by atoms with Crippen molar-refractivity contribution in [3.8, 4) is 12.0 Å². The number of morpholine rings is 1. The number of ether oxygens (including phenoxy) is 3. The van der Waals surface area contributed by atoms with Gasteiger partial charge < -0.3 is 24.0 Å². The van der Waals surface area contributed by atoms with Crippen LogP contribution in [0.3, 0.4) is 0 Å². The number of nitrogens with zero attached hydrogens (tertiary/aromatic N) is 8. The molecule has 2 fully saturated rings. The summed E-state index contributed by atoms with van der Waals surface area (Å²) in [6, 6.07) is 8.38. The number of fused-ring (bicyclic) bond motifs is 2. The summed E-state index contributed by atoms with van der Waals surface area (Å²) in [5, 5.41) is 0. The minimum atomic E-state index is -0.274. The lowest BCUT2D eigenvalue weighted by Gasteiger charge is -2.39. The maximum Gasteiger partial charge on any atom is 0.298 e. The van der Waals surface area contributed by atoms with Crippen LogP contribution in [-0.4, -0.2) is 92.5 Å². The number of benzene rings is 1. The Bertz CT molecular complexity index is 1520. The SMILES string of the molecule is COC(C)c1nc2ccccc2n1-c1nc(N2CCOCC2)c2nc(OC3CN(C(=O)C(C)C)C3)n(C)c2n1. The zero-order chi connectivity index (χ0) is 27.3. The summed E-state index contributed by atoms with van der Waals surface area (Å²) < 4.78 is 21.3. The number of amides is 1. The number of hydrogen-bond acceptors (Lipinski definition) is 9. The van der Waals surface area contributed by atoms with Gasteiger partial charge in [0.05, 0.1) is 37.3 Å². The van der Waals surface area contributed by atoms with Crippen LogP contribution in [0.5, 0.6) is 6.01 Å². The van der Waals surface area contributed by atoms with Crippen molar-refractivity contribution in [2.45, 2.75) is 33.0 Å². The van der Waals surface area contributed by atoms with Crippen molar-refractivity contribution in [3.05, 3.63) is 30.1 Å². The van der Waals surface area contributed by atoms with Crippen molar-refractivity contribution in [2.24, 2.45) is 13.0 Å². The Morgan fingerprint density at radius 2 is 1.79 bits per heavy atom. The van der Waals surface area contributed by atoms with Gasteiger partial charge in [-0.05, 0) is 19.1 Å². The molecule has 2 saturated heterocycles. The van der Waals surface area contributed by atoms with Crippen molar-refractivity contribution in [2.75, 3.05) is 51.4 Å². The summed E-state index contributed by atoms with van der Waals surface area (Å²) in [5.74, 6) is 2.04. The van der Waals surface area contributed by atoms with Crippen molar-refractivity contribution in [1.82, 2.24) is 34.0 Å². The summed E-state index contributed by atoms with van der Waals surface area (Å²) in [6.45, 7) is 9.48. The molecule has 1 atom stereocenters. The molecule has 6 rings (SSSR count). The summed E-state index contributed by atoms with van der Waals surface area (Å²) in [6.07, 6.45) is -0.390. The van der Waals surface area contributed by atoms with Gasteiger partial charge in [-0.15, -0.1) is 0 Å². The highest BCUT2D eigenvalue weighted by atomic mass is 16.5. The van der Waals surface area contributed by atoms with Crippen LogP contribution >= 0.6 is 0 Å². The molecule has 0 bridgehead atoms. The molecule has 12 nitrogen and oxygen atoms in total. The van der Waals surface area contributed by atoms with Gasteiger partial charge in [0.2, 0.25) is 11.9 Å². The number of likely N-dealkylation sites (tertiary alicyclic amines) is 1. The van der Waals surface area contributed by atoms with E-state index in [4.69, 9.17) is 34.1 Å². The van der Waals surface area contributed by atoms with E-state index >= 15 is 0 Å². The Labute approximate surface area is 226 Å². The Hall–Kier alpha value is -3.77. The molecule has 0 radical (unpaired) electrons. The smallest absolute Gasteiger partial charge is 0.298 e. The monoisotopic (exact) mass is 534 g/mol. The molecule has 1 aromatic carbocycles. The number of rotatable bonds is 7. The fourth-order valence-electron chi connectivity index (χ4n) is 5.06. The van der Waals surface area contributed by atoms with Crippen LogP contribution in [0.2, 0.25) is 0 Å². The van der Waals surface area contributed by atoms with Crippen LogP contribution in [0.4, 0.5) is 5.82 Å². The first kappa shape index (κ1) is 25.5. The second kappa shape index (κ2) is 10.1. The van der Waals surface area contributed by atoms with Crippen LogP contribution < -0.4 is 9.64 Å². The summed E-state index contributed by atoms with van der Waals surface area (Å²) in [7, 11) is 3.56. The number of hydrogen-bond donors (Lipinski definition) is 0. The van der Waals surface area contributed by atoms with E-state index in [-0.39, 0.29) is 24.0 Å². The number of aryl methyl sites for hydroxylation is 1. The predicted molar refractivity (Wildman–Crippen MR) is 145 cm³/mol. The normalized spacial score (nSPS) is 17.3. The van der Waals surface area contributed by atoms with Crippen LogP contribution in [0, 0.1) is 5.92 Å². The van der Waals surface area contributed by atoms with Gasteiger partial charge in [-0.25, -0.2) is 4.98 Å². The number of imidazole rings is 2. The fourth-order valence-corrected chi connectivity index (χ4v) is 5.06. The third kappa shape index (κ3) is 4.47. The Kier molecular flexibility index (Phi) is 6.59. The number of anilines is 1. The third-order valence-corrected chi connectivity index (χ3v) is 7.39. The first-order valence-corrected chi connectivity index (χ1v) is 13.4. The molecule has 0 aliphatic carbocycles. The molecular formula is C27H34N8O4. The van der Waals surface area contributed by atoms with Crippen molar-refractivity contribution >= 4 is 33.9 Å². The molecule has 12 heteroatoms. The van der Waals surface area contributed by atoms with Gasteiger partial charge >= 0.3 is 0 Å². The standard InChI is InChI=1S/C27H34N8O4/c1-16(2)25(36)34-14-18(15-34)39-27-29-21-23(32(27)4)30-26(31-24(21)33-10-12-38-13-11-33)35-20-9-7-6-8-19(20)28-22(35)17(3)37-5/h6-9,16-18H,10-15H2,1-5H3. The van der Waals surface area contributed by atoms with Gasteiger partial charge in [0.25, 0.3) is 6.01 Å². The molecular weight excluding hydrogens is 500 g/mol. The second-order valence-electron chi connectivity index (χ2n) is 10.4. The lowest BCUT2D eigenvalue weighted by Crippen LogP contribution is -2.57. The molecule has 2 aliphatic heterocycles. The van der Waals surface area contributed by atoms with Crippen molar-refractivity contribution in [1.29, 1.82) is 0 Å². The second-order valence-corrected chi connectivity index (χ2v) is 10.4. The van der Waals surface area contributed by atoms with Crippen LogP contribution in [0.25, 0.3) is 28.1 Å². The number of carbonyl (C=O) groups is 1. The first-order chi connectivity index (χ1) is 18.9. The van der Waals surface area contributed by atoms with Crippen LogP contribution in [-0.2, 0) is 21.3 Å². The molecule has 2 aliphatic rings. The average molecular weight is 535 g/mol. The average Bonchev–Trinajstić information content (AvgIpc) is 3.47. The summed E-state index contributed by atoms with van der Waals surface area (Å²) in [4.78, 5) is 36.0. The van der Waals surface area contributed by atoms with Crippen LogP contribution in [0.15, 0.2) is 24.3 Å². The van der Waals surface area contributed by atoms with Gasteiger partial charge in [-0.2, -0.15) is 15.0 Å². The summed E-state index contributed by atoms with van der Waals surface area (Å²) in [5.41, 5.74) is 3.05. The molecule has 5 heterocycles. The first-order valence-electron chi connectivity index (χ1n) is 13.4. The fraction of sp³-hybridized carbons (Fsp3) is 0.519. The van der Waals surface area contributed by atoms with E-state index in [0.29, 0.717) is 68.3 Å². The van der Waals surface area contributed by atoms with E-state index in [2.05, 4.69) is 4.90 Å². The molecule has 0 N–H and O–H groups in total. The minimum absolute atomic E-state index is 0.0311. The lowest BCUT2D eigenvalue weighted by atomic mass is 10.1. The van der Waals surface area contributed by atoms with E-state index in [1.54, 1.807) is 7.11 Å². The van der Waals surface area contributed by atoms with E-state index in [0.717, 1.165) is 16.9 Å². The summed E-state index contributed by atoms with van der Waals surface area (Å²) >= 11 is 0. The minimum Gasteiger partial charge on any atom is -0.458 e. The highest BCUT2D eigenvalue weighted by molar-refractivity contribution is 5.86. The van der Waals surface area contributed by atoms with Gasteiger partial charge in [0, 0.05) is 33.2 Å². The van der Waals surface area contributed by atoms with E-state index in [1.807, 2.05) is 66.1 Å². The Morgan fingerprint density at radius 1 is 1.05 bits per heavy atom. The van der Waals surface area contributed by atoms with Crippen molar-refractivity contribution < 1.29 is 19.0 Å². The quantitative estimate of drug-likeness (QED) is 0.353. The zero-order valence-electron chi connectivity index (χ0n) is 23.0. The maximum atomic E-state index is 12.3. The van der Waals surface area contributed by atoms with Gasteiger partial charge in [0.1, 0.15) is 18.0 Å². The van der Waals surface area contributed by atoms with E-state index in [9.17, 15) is 4.79 Å². The highest BCUT2D eigenvalue weighted by Gasteiger charge is 2.35. The molecule has 206 valence electrons. The van der Waals surface area contributed by atoms with E-state index < -0.39 is 0 Å². The molecule has 4 aromatic rings. The van der Waals surface area contributed by atoms with Gasteiger partial charge in [-0.1, -0.05) is 26.0 Å². The molecule has 1 amide bonds. The predicted octanol–water partition coefficient (Wildman–Crippen LogP) is 2.49. The topological polar surface area (TPSA) is 113 Å². The number of para-hydroxylation sites is 2. The van der Waals surface area contributed by atoms with Crippen LogP contribution in [0.1, 0.15) is 32.7 Å². The van der Waals surface area contributed by atoms with Crippen molar-refractivity contribution in [3.63, 3.8) is 0 Å². The Balaban J connectivity index is 1.45. The zero-order valence-corrected chi connectivity index (χ0v) is 23.0. The molecule has 0 spiro atoms. The number of aromatic nitrogens is 6. The number of methoxy groups -OCH3 is 1. The molecule has 1 unspecified atom stereocenters. The lowest BCUT2D eigenvalue weighted by molar-refractivity contribution is -0.143. The van der Waals surface area contributed by atoms with Gasteiger partial charge in [0.15, 0.2) is 17.0 Å². The maximum absolute atomic E-state index is 12.3. The molecule has 3 aromatic heterocycles. The number of carbonyl (C=O) groups excluding carboxylic acids is 1. The Morgan fingerprint density at radius 3 is 2.51 bits per heavy atom. The van der Waals surface area contributed by atoms with E-state index in [1.165, 1.54) is 0 Å². The highest BCUT2D eigenvalue weighted by Crippen LogP contribution is 2.32. The van der Waals surface area contributed by atoms with Gasteiger partial charge in [-0.3, -0.25) is 13.9 Å². The molecule has 39 heavy (non-hydrogen) atoms.